The molecule has 1 heterocycles. The van der Waals surface area contributed by atoms with Gasteiger partial charge in [0, 0.05) is 11.8 Å². The highest BCUT2D eigenvalue weighted by Crippen LogP contribution is 2.20. The van der Waals surface area contributed by atoms with E-state index in [0.717, 1.165) is 6.07 Å². The summed E-state index contributed by atoms with van der Waals surface area (Å²) in [4.78, 5) is 24.9. The molecule has 94 valence electrons. The number of H-pyrrole nitrogens is 1. The van der Waals surface area contributed by atoms with E-state index >= 15 is 0 Å². The standard InChI is InChI=1S/C10H10F2INO3/c1-2-17-7(16)4-5-3-6(15)8(13)9(14-5)10(11)12/h3,10H,2,4H2,1H3,(H,14,15). The molecular weight excluding hydrogens is 347 g/mol. The lowest BCUT2D eigenvalue weighted by Gasteiger charge is -2.07. The van der Waals surface area contributed by atoms with E-state index in [2.05, 4.69) is 9.72 Å². The maximum absolute atomic E-state index is 12.6. The monoisotopic (exact) mass is 357 g/mol. The molecule has 7 heteroatoms. The Morgan fingerprint density at radius 3 is 2.76 bits per heavy atom. The number of carbonyl (C=O) groups is 1. The van der Waals surface area contributed by atoms with Crippen LogP contribution in [-0.2, 0) is 16.0 Å². The average Bonchev–Trinajstić information content (AvgIpc) is 2.23. The highest BCUT2D eigenvalue weighted by atomic mass is 127. The van der Waals surface area contributed by atoms with Gasteiger partial charge in [-0.2, -0.15) is 0 Å². The Kier molecular flexibility index (Phi) is 5.03. The van der Waals surface area contributed by atoms with Gasteiger partial charge in [-0.15, -0.1) is 0 Å². The van der Waals surface area contributed by atoms with E-state index < -0.39 is 23.5 Å². The fourth-order valence-electron chi connectivity index (χ4n) is 1.23. The molecule has 0 amide bonds. The van der Waals surface area contributed by atoms with Crippen LogP contribution in [0.25, 0.3) is 0 Å². The number of hydrogen-bond donors (Lipinski definition) is 1. The number of hydrogen-bond acceptors (Lipinski definition) is 3. The molecule has 1 rings (SSSR count). The quantitative estimate of drug-likeness (QED) is 0.663. The minimum absolute atomic E-state index is 0.0646. The molecule has 0 aromatic carbocycles. The normalized spacial score (nSPS) is 10.6. The van der Waals surface area contributed by atoms with Crippen LogP contribution in [0.2, 0.25) is 0 Å². The number of alkyl halides is 2. The van der Waals surface area contributed by atoms with E-state index in [4.69, 9.17) is 0 Å². The Morgan fingerprint density at radius 1 is 1.59 bits per heavy atom. The van der Waals surface area contributed by atoms with Gasteiger partial charge in [0.2, 0.25) is 0 Å². The number of ether oxygens (including phenoxy) is 1. The van der Waals surface area contributed by atoms with Crippen molar-refractivity contribution in [1.82, 2.24) is 4.98 Å². The number of rotatable bonds is 4. The Balaban J connectivity index is 3.03. The SMILES string of the molecule is CCOC(=O)Cc1cc(=O)c(I)c(C(F)F)[nH]1. The van der Waals surface area contributed by atoms with Crippen LogP contribution < -0.4 is 5.43 Å². The molecule has 0 unspecified atom stereocenters. The van der Waals surface area contributed by atoms with Crippen molar-refractivity contribution in [2.75, 3.05) is 6.61 Å². The Morgan fingerprint density at radius 2 is 2.24 bits per heavy atom. The summed E-state index contributed by atoms with van der Waals surface area (Å²) in [6.07, 6.45) is -3.00. The number of nitrogens with one attached hydrogen (secondary N) is 1. The summed E-state index contributed by atoms with van der Waals surface area (Å²) in [5.41, 5.74) is -0.861. The fourth-order valence-corrected chi connectivity index (χ4v) is 1.76. The number of esters is 1. The van der Waals surface area contributed by atoms with Gasteiger partial charge in [0.05, 0.1) is 22.3 Å². The highest BCUT2D eigenvalue weighted by molar-refractivity contribution is 14.1. The minimum Gasteiger partial charge on any atom is -0.466 e. The molecule has 1 aromatic heterocycles. The van der Waals surface area contributed by atoms with Crippen molar-refractivity contribution in [3.8, 4) is 0 Å². The minimum atomic E-state index is -2.78. The first kappa shape index (κ1) is 14.1. The molecule has 0 atom stereocenters. The molecule has 0 saturated heterocycles. The van der Waals surface area contributed by atoms with Crippen LogP contribution in [0.15, 0.2) is 10.9 Å². The van der Waals surface area contributed by atoms with E-state index in [1.807, 2.05) is 0 Å². The second-order valence-corrected chi connectivity index (χ2v) is 4.25. The van der Waals surface area contributed by atoms with E-state index in [1.54, 1.807) is 29.5 Å². The van der Waals surface area contributed by atoms with E-state index in [-0.39, 0.29) is 22.3 Å². The van der Waals surface area contributed by atoms with Crippen molar-refractivity contribution in [2.45, 2.75) is 19.8 Å². The molecule has 0 fully saturated rings. The summed E-state index contributed by atoms with van der Waals surface area (Å²) in [7, 11) is 0. The molecule has 0 spiro atoms. The predicted octanol–water partition coefficient (Wildman–Crippen LogP) is 2.02. The smallest absolute Gasteiger partial charge is 0.311 e. The van der Waals surface area contributed by atoms with Crippen molar-refractivity contribution >= 4 is 28.6 Å². The van der Waals surface area contributed by atoms with Crippen molar-refractivity contribution < 1.29 is 18.3 Å². The van der Waals surface area contributed by atoms with Gasteiger partial charge in [0.25, 0.3) is 6.43 Å². The number of halogens is 3. The van der Waals surface area contributed by atoms with Crippen LogP contribution in [0.5, 0.6) is 0 Å². The van der Waals surface area contributed by atoms with Crippen molar-refractivity contribution in [3.05, 3.63) is 31.2 Å². The summed E-state index contributed by atoms with van der Waals surface area (Å²) in [5.74, 6) is -0.565. The Hall–Kier alpha value is -0.990. The van der Waals surface area contributed by atoms with Crippen LogP contribution in [0.3, 0.4) is 0 Å². The van der Waals surface area contributed by atoms with Gasteiger partial charge in [0.15, 0.2) is 5.43 Å². The van der Waals surface area contributed by atoms with Crippen LogP contribution >= 0.6 is 22.6 Å². The average molecular weight is 357 g/mol. The van der Waals surface area contributed by atoms with E-state index in [9.17, 15) is 18.4 Å². The molecule has 1 N–H and O–H groups in total. The Labute approximate surface area is 110 Å². The van der Waals surface area contributed by atoms with Gasteiger partial charge >= 0.3 is 5.97 Å². The zero-order valence-corrected chi connectivity index (χ0v) is 11.1. The van der Waals surface area contributed by atoms with Crippen molar-refractivity contribution in [3.63, 3.8) is 0 Å². The molecular formula is C10H10F2INO3. The second-order valence-electron chi connectivity index (χ2n) is 3.17. The van der Waals surface area contributed by atoms with Crippen molar-refractivity contribution in [2.24, 2.45) is 0 Å². The van der Waals surface area contributed by atoms with Gasteiger partial charge in [0.1, 0.15) is 0 Å². The fraction of sp³-hybridized carbons (Fsp3) is 0.400. The summed E-state index contributed by atoms with van der Waals surface area (Å²) < 4.78 is 29.8. The molecule has 0 aliphatic rings. The zero-order valence-electron chi connectivity index (χ0n) is 8.93. The molecule has 0 bridgehead atoms. The lowest BCUT2D eigenvalue weighted by atomic mass is 10.2. The molecule has 1 aromatic rings. The third-order valence-corrected chi connectivity index (χ3v) is 3.02. The first-order valence-electron chi connectivity index (χ1n) is 4.81. The van der Waals surface area contributed by atoms with Gasteiger partial charge in [-0.1, -0.05) is 0 Å². The third kappa shape index (κ3) is 3.76. The maximum atomic E-state index is 12.6. The van der Waals surface area contributed by atoms with Gasteiger partial charge in [-0.3, -0.25) is 9.59 Å². The molecule has 0 aliphatic carbocycles. The molecule has 0 aliphatic heterocycles. The lowest BCUT2D eigenvalue weighted by molar-refractivity contribution is -0.142. The largest absolute Gasteiger partial charge is 0.466 e. The van der Waals surface area contributed by atoms with Crippen LogP contribution in [-0.4, -0.2) is 17.6 Å². The van der Waals surface area contributed by atoms with Crippen molar-refractivity contribution in [1.29, 1.82) is 0 Å². The Bertz CT molecular complexity index is 473. The van der Waals surface area contributed by atoms with Gasteiger partial charge in [-0.25, -0.2) is 8.78 Å². The van der Waals surface area contributed by atoms with E-state index in [0.29, 0.717) is 0 Å². The first-order chi connectivity index (χ1) is 7.95. The maximum Gasteiger partial charge on any atom is 0.311 e. The molecule has 0 saturated carbocycles. The lowest BCUT2D eigenvalue weighted by Crippen LogP contribution is -2.16. The number of pyridine rings is 1. The van der Waals surface area contributed by atoms with Crippen LogP contribution in [0, 0.1) is 3.57 Å². The van der Waals surface area contributed by atoms with E-state index in [1.165, 1.54) is 0 Å². The summed E-state index contributed by atoms with van der Waals surface area (Å²) in [5, 5.41) is 0. The summed E-state index contributed by atoms with van der Waals surface area (Å²) in [6.45, 7) is 1.84. The van der Waals surface area contributed by atoms with Gasteiger partial charge < -0.3 is 9.72 Å². The zero-order chi connectivity index (χ0) is 13.0. The van der Waals surface area contributed by atoms with Crippen LogP contribution in [0.1, 0.15) is 24.7 Å². The summed E-state index contributed by atoms with van der Waals surface area (Å²) >= 11 is 1.55. The van der Waals surface area contributed by atoms with Gasteiger partial charge in [-0.05, 0) is 29.5 Å². The number of aromatic amines is 1. The summed E-state index contributed by atoms with van der Waals surface area (Å²) in [6, 6.07) is 1.13. The number of carbonyl (C=O) groups excluding carboxylic acids is 1. The molecule has 0 radical (unpaired) electrons. The molecule has 4 nitrogen and oxygen atoms in total. The first-order valence-corrected chi connectivity index (χ1v) is 5.89. The predicted molar refractivity (Wildman–Crippen MR) is 65.1 cm³/mol. The van der Waals surface area contributed by atoms with Crippen LogP contribution in [0.4, 0.5) is 8.78 Å². The number of aromatic nitrogens is 1. The highest BCUT2D eigenvalue weighted by Gasteiger charge is 2.17. The molecule has 17 heavy (non-hydrogen) atoms. The second kappa shape index (κ2) is 6.08. The third-order valence-electron chi connectivity index (χ3n) is 1.91. The topological polar surface area (TPSA) is 59.2 Å².